The van der Waals surface area contributed by atoms with Gasteiger partial charge in [0.05, 0.1) is 11.3 Å². The van der Waals surface area contributed by atoms with Crippen molar-refractivity contribution in [2.75, 3.05) is 7.05 Å². The number of benzene rings is 2. The van der Waals surface area contributed by atoms with E-state index in [4.69, 9.17) is 0 Å². The molecule has 0 fully saturated rings. The third-order valence-electron chi connectivity index (χ3n) is 3.87. The van der Waals surface area contributed by atoms with Crippen LogP contribution in [-0.2, 0) is 0 Å². The lowest BCUT2D eigenvalue weighted by molar-refractivity contribution is 0.525. The van der Waals surface area contributed by atoms with Crippen LogP contribution < -0.4 is 0 Å². The molecule has 0 N–H and O–H groups in total. The summed E-state index contributed by atoms with van der Waals surface area (Å²) in [5.74, 6) is -2.87. The van der Waals surface area contributed by atoms with Crippen molar-refractivity contribution < 1.29 is 13.2 Å². The molecule has 1 nitrogen and oxygen atoms in total. The fraction of sp³-hybridized carbons (Fsp3) is 0.143. The SMILES string of the molecule is C=C1C(Br)=CC(c2ccccc2)=C(c2c(F)cc(F)cc2F)N1C.CC. The van der Waals surface area contributed by atoms with Crippen molar-refractivity contribution in [2.24, 2.45) is 0 Å². The Balaban J connectivity index is 0.00000117. The summed E-state index contributed by atoms with van der Waals surface area (Å²) in [7, 11) is 1.66. The van der Waals surface area contributed by atoms with Gasteiger partial charge in [-0.05, 0) is 27.6 Å². The predicted molar refractivity (Wildman–Crippen MR) is 105 cm³/mol. The Morgan fingerprint density at radius 3 is 2.04 bits per heavy atom. The van der Waals surface area contributed by atoms with Crippen LogP contribution in [0.15, 0.2) is 65.3 Å². The number of hydrogen-bond donors (Lipinski definition) is 0. The van der Waals surface area contributed by atoms with Gasteiger partial charge in [-0.25, -0.2) is 13.2 Å². The molecule has 0 aromatic heterocycles. The van der Waals surface area contributed by atoms with Crippen molar-refractivity contribution in [1.82, 2.24) is 4.90 Å². The second kappa shape index (κ2) is 8.41. The number of hydrogen-bond acceptors (Lipinski definition) is 1. The monoisotopic (exact) mass is 421 g/mol. The van der Waals surface area contributed by atoms with Gasteiger partial charge in [0.25, 0.3) is 0 Å². The molecule has 2 aromatic rings. The molecular weight excluding hydrogens is 403 g/mol. The fourth-order valence-electron chi connectivity index (χ4n) is 2.66. The molecule has 136 valence electrons. The average molecular weight is 422 g/mol. The van der Waals surface area contributed by atoms with Gasteiger partial charge in [0, 0.05) is 34.9 Å². The van der Waals surface area contributed by atoms with Gasteiger partial charge in [0.2, 0.25) is 0 Å². The maximum absolute atomic E-state index is 14.4. The molecule has 0 saturated carbocycles. The van der Waals surface area contributed by atoms with E-state index < -0.39 is 17.5 Å². The molecule has 0 aliphatic carbocycles. The minimum Gasteiger partial charge on any atom is -0.343 e. The largest absolute Gasteiger partial charge is 0.343 e. The number of likely N-dealkylation sites (N-methyl/N-ethyl adjacent to an activating group) is 1. The first kappa shape index (κ1) is 20.0. The molecule has 3 rings (SSSR count). The maximum atomic E-state index is 14.4. The van der Waals surface area contributed by atoms with Crippen LogP contribution in [0.2, 0.25) is 0 Å². The van der Waals surface area contributed by atoms with E-state index in [0.29, 0.717) is 33.6 Å². The molecule has 5 heteroatoms. The highest BCUT2D eigenvalue weighted by atomic mass is 79.9. The summed E-state index contributed by atoms with van der Waals surface area (Å²) < 4.78 is 42.7. The van der Waals surface area contributed by atoms with Crippen molar-refractivity contribution in [3.8, 4) is 0 Å². The van der Waals surface area contributed by atoms with Crippen LogP contribution in [0.5, 0.6) is 0 Å². The molecular formula is C21H19BrF3N. The Bertz CT molecular complexity index is 862. The molecule has 1 heterocycles. The van der Waals surface area contributed by atoms with E-state index in [9.17, 15) is 13.2 Å². The van der Waals surface area contributed by atoms with Gasteiger partial charge in [-0.15, -0.1) is 0 Å². The number of allylic oxidation sites excluding steroid dienone is 3. The molecule has 1 aliphatic rings. The van der Waals surface area contributed by atoms with Crippen LogP contribution in [0.3, 0.4) is 0 Å². The van der Waals surface area contributed by atoms with E-state index in [-0.39, 0.29) is 5.56 Å². The molecule has 0 saturated heterocycles. The summed E-state index contributed by atoms with van der Waals surface area (Å²) in [6, 6.07) is 10.6. The minimum atomic E-state index is -0.956. The molecule has 0 bridgehead atoms. The lowest BCUT2D eigenvalue weighted by atomic mass is 9.94. The molecule has 26 heavy (non-hydrogen) atoms. The van der Waals surface area contributed by atoms with E-state index in [1.807, 2.05) is 44.2 Å². The zero-order chi connectivity index (χ0) is 19.4. The van der Waals surface area contributed by atoms with Gasteiger partial charge in [-0.1, -0.05) is 50.8 Å². The second-order valence-electron chi connectivity index (χ2n) is 5.37. The summed E-state index contributed by atoms with van der Waals surface area (Å²) in [4.78, 5) is 1.59. The van der Waals surface area contributed by atoms with Crippen molar-refractivity contribution in [3.05, 3.63) is 93.9 Å². The van der Waals surface area contributed by atoms with Crippen molar-refractivity contribution in [2.45, 2.75) is 13.8 Å². The van der Waals surface area contributed by atoms with Crippen molar-refractivity contribution >= 4 is 27.2 Å². The van der Waals surface area contributed by atoms with Crippen LogP contribution in [-0.4, -0.2) is 11.9 Å². The Kier molecular flexibility index (Phi) is 6.48. The van der Waals surface area contributed by atoms with E-state index in [2.05, 4.69) is 22.5 Å². The van der Waals surface area contributed by atoms with Gasteiger partial charge in [-0.3, -0.25) is 0 Å². The number of halogens is 4. The minimum absolute atomic E-state index is 0.282. The van der Waals surface area contributed by atoms with Crippen LogP contribution >= 0.6 is 15.9 Å². The van der Waals surface area contributed by atoms with Gasteiger partial charge in [0.15, 0.2) is 0 Å². The lowest BCUT2D eigenvalue weighted by Gasteiger charge is -2.31. The summed E-state index contributed by atoms with van der Waals surface area (Å²) in [5, 5.41) is 0. The smallest absolute Gasteiger partial charge is 0.138 e. The number of nitrogens with zero attached hydrogens (tertiary/aromatic N) is 1. The average Bonchev–Trinajstić information content (AvgIpc) is 2.63. The fourth-order valence-corrected chi connectivity index (χ4v) is 3.16. The molecule has 0 amide bonds. The normalized spacial score (nSPS) is 14.0. The highest BCUT2D eigenvalue weighted by Gasteiger charge is 2.27. The maximum Gasteiger partial charge on any atom is 0.138 e. The number of rotatable bonds is 2. The Hall–Kier alpha value is -2.27. The molecule has 1 aliphatic heterocycles. The molecule has 0 spiro atoms. The van der Waals surface area contributed by atoms with Gasteiger partial charge < -0.3 is 4.90 Å². The van der Waals surface area contributed by atoms with Crippen molar-refractivity contribution in [1.29, 1.82) is 0 Å². The topological polar surface area (TPSA) is 3.24 Å². The zero-order valence-corrected chi connectivity index (χ0v) is 16.4. The highest BCUT2D eigenvalue weighted by molar-refractivity contribution is 9.12. The van der Waals surface area contributed by atoms with Gasteiger partial charge in [-0.2, -0.15) is 0 Å². The Morgan fingerprint density at radius 2 is 1.50 bits per heavy atom. The van der Waals surface area contributed by atoms with E-state index in [1.54, 1.807) is 18.0 Å². The van der Waals surface area contributed by atoms with Crippen molar-refractivity contribution in [3.63, 3.8) is 0 Å². The summed E-state index contributed by atoms with van der Waals surface area (Å²) >= 11 is 3.42. The Labute approximate surface area is 160 Å². The molecule has 0 unspecified atom stereocenters. The van der Waals surface area contributed by atoms with E-state index in [1.165, 1.54) is 0 Å². The zero-order valence-electron chi connectivity index (χ0n) is 14.8. The summed E-state index contributed by atoms with van der Waals surface area (Å²) in [6.45, 7) is 7.91. The first-order chi connectivity index (χ1) is 12.4. The predicted octanol–water partition coefficient (Wildman–Crippen LogP) is 6.74. The van der Waals surface area contributed by atoms with E-state index in [0.717, 1.165) is 5.56 Å². The van der Waals surface area contributed by atoms with Gasteiger partial charge in [0.1, 0.15) is 17.5 Å². The molecule has 2 aromatic carbocycles. The second-order valence-corrected chi connectivity index (χ2v) is 6.23. The van der Waals surface area contributed by atoms with E-state index >= 15 is 0 Å². The van der Waals surface area contributed by atoms with Crippen LogP contribution in [0.25, 0.3) is 11.3 Å². The quantitative estimate of drug-likeness (QED) is 0.518. The summed E-state index contributed by atoms with van der Waals surface area (Å²) in [5.41, 5.74) is 1.96. The third kappa shape index (κ3) is 3.78. The standard InChI is InChI=1S/C19H13BrF3N.C2H6/c1-11-15(20)10-14(12-6-4-3-5-7-12)19(24(11)2)18-16(22)8-13(21)9-17(18)23;1-2/h3-10H,1H2,2H3;1-2H3. The van der Waals surface area contributed by atoms with Crippen LogP contribution in [0.4, 0.5) is 13.2 Å². The summed E-state index contributed by atoms with van der Waals surface area (Å²) in [6.07, 6.45) is 1.76. The lowest BCUT2D eigenvalue weighted by Crippen LogP contribution is -2.22. The molecule has 0 radical (unpaired) electrons. The van der Waals surface area contributed by atoms with Crippen LogP contribution in [0.1, 0.15) is 25.0 Å². The third-order valence-corrected chi connectivity index (χ3v) is 4.56. The Morgan fingerprint density at radius 1 is 0.962 bits per heavy atom. The first-order valence-electron chi connectivity index (χ1n) is 8.15. The molecule has 0 atom stereocenters. The van der Waals surface area contributed by atoms with Crippen LogP contribution in [0, 0.1) is 17.5 Å². The first-order valence-corrected chi connectivity index (χ1v) is 8.94. The highest BCUT2D eigenvalue weighted by Crippen LogP contribution is 2.41. The van der Waals surface area contributed by atoms with Gasteiger partial charge >= 0.3 is 0 Å².